The zero-order valence-electron chi connectivity index (χ0n) is 16.8. The Bertz CT molecular complexity index is 929. The number of rotatable bonds is 9. The smallest absolute Gasteiger partial charge is 0.270 e. The van der Waals surface area contributed by atoms with E-state index < -0.39 is 0 Å². The van der Waals surface area contributed by atoms with Gasteiger partial charge in [-0.15, -0.1) is 0 Å². The maximum Gasteiger partial charge on any atom is 0.270 e. The predicted octanol–water partition coefficient (Wildman–Crippen LogP) is 4.37. The molecule has 0 unspecified atom stereocenters. The molecule has 3 rings (SSSR count). The fourth-order valence-electron chi connectivity index (χ4n) is 2.84. The first-order chi connectivity index (χ1) is 14.1. The van der Waals surface area contributed by atoms with E-state index in [1.165, 1.54) is 11.9 Å². The highest BCUT2D eigenvalue weighted by Crippen LogP contribution is 2.27. The number of nitrogens with one attached hydrogen (secondary N) is 2. The number of carbonyl (C=O) groups is 1. The number of aryl methyl sites for hydroxylation is 1. The Morgan fingerprint density at radius 2 is 1.79 bits per heavy atom. The molecule has 1 aromatic heterocycles. The first-order valence-electron chi connectivity index (χ1n) is 9.78. The number of carbonyl (C=O) groups excluding carboxylic acids is 1. The van der Waals surface area contributed by atoms with E-state index in [2.05, 4.69) is 32.7 Å². The highest BCUT2D eigenvalue weighted by atomic mass is 16.5. The normalized spacial score (nSPS) is 10.6. The molecule has 3 aromatic rings. The lowest BCUT2D eigenvalue weighted by molar-refractivity contribution is 0.0948. The Morgan fingerprint density at radius 3 is 2.59 bits per heavy atom. The molecule has 29 heavy (non-hydrogen) atoms. The van der Waals surface area contributed by atoms with E-state index in [0.29, 0.717) is 18.1 Å². The van der Waals surface area contributed by atoms with Crippen LogP contribution in [0, 0.1) is 0 Å². The first-order valence-corrected chi connectivity index (χ1v) is 9.78. The van der Waals surface area contributed by atoms with Crippen LogP contribution in [-0.2, 0) is 6.42 Å². The average molecular weight is 390 g/mol. The maximum absolute atomic E-state index is 12.4. The van der Waals surface area contributed by atoms with Crippen LogP contribution < -0.4 is 15.4 Å². The first kappa shape index (κ1) is 20.3. The molecule has 1 amide bonds. The van der Waals surface area contributed by atoms with E-state index in [0.717, 1.165) is 24.3 Å². The topological polar surface area (TPSA) is 76.1 Å². The SMILES string of the molecule is CC(C)Oc1ccccc1Nc1cc(C(=O)NCCCc2ccccc2)ncn1. The minimum Gasteiger partial charge on any atom is -0.489 e. The van der Waals surface area contributed by atoms with Gasteiger partial charge in [-0.1, -0.05) is 42.5 Å². The molecule has 2 aromatic carbocycles. The molecule has 0 radical (unpaired) electrons. The Balaban J connectivity index is 1.57. The van der Waals surface area contributed by atoms with Gasteiger partial charge in [0.25, 0.3) is 5.91 Å². The van der Waals surface area contributed by atoms with Crippen molar-refractivity contribution >= 4 is 17.4 Å². The Morgan fingerprint density at radius 1 is 1.03 bits per heavy atom. The van der Waals surface area contributed by atoms with Crippen molar-refractivity contribution < 1.29 is 9.53 Å². The van der Waals surface area contributed by atoms with Gasteiger partial charge in [-0.25, -0.2) is 9.97 Å². The fraction of sp³-hybridized carbons (Fsp3) is 0.261. The molecule has 6 heteroatoms. The van der Waals surface area contributed by atoms with Gasteiger partial charge in [-0.3, -0.25) is 4.79 Å². The molecule has 0 fully saturated rings. The third-order valence-electron chi connectivity index (χ3n) is 4.18. The number of anilines is 2. The van der Waals surface area contributed by atoms with Gasteiger partial charge in [-0.2, -0.15) is 0 Å². The molecule has 0 spiro atoms. The number of para-hydroxylation sites is 2. The minimum atomic E-state index is -0.213. The summed E-state index contributed by atoms with van der Waals surface area (Å²) in [6, 6.07) is 19.5. The van der Waals surface area contributed by atoms with Crippen LogP contribution in [0.3, 0.4) is 0 Å². The molecule has 0 saturated heterocycles. The van der Waals surface area contributed by atoms with Crippen molar-refractivity contribution in [3.8, 4) is 5.75 Å². The van der Waals surface area contributed by atoms with Gasteiger partial charge >= 0.3 is 0 Å². The van der Waals surface area contributed by atoms with Gasteiger partial charge in [-0.05, 0) is 44.4 Å². The summed E-state index contributed by atoms with van der Waals surface area (Å²) >= 11 is 0. The minimum absolute atomic E-state index is 0.0561. The summed E-state index contributed by atoms with van der Waals surface area (Å²) in [6.07, 6.45) is 3.23. The molecule has 150 valence electrons. The average Bonchev–Trinajstić information content (AvgIpc) is 2.73. The van der Waals surface area contributed by atoms with Crippen molar-refractivity contribution in [1.82, 2.24) is 15.3 Å². The highest BCUT2D eigenvalue weighted by Gasteiger charge is 2.10. The van der Waals surface area contributed by atoms with Crippen molar-refractivity contribution in [1.29, 1.82) is 0 Å². The standard InChI is InChI=1S/C23H26N4O2/c1-17(2)29-21-13-7-6-12-19(21)27-22-15-20(25-16-26-22)23(28)24-14-8-11-18-9-4-3-5-10-18/h3-7,9-10,12-13,15-17H,8,11,14H2,1-2H3,(H,24,28)(H,25,26,27). The van der Waals surface area contributed by atoms with Gasteiger partial charge in [0, 0.05) is 12.6 Å². The number of ether oxygens (including phenoxy) is 1. The maximum atomic E-state index is 12.4. The summed E-state index contributed by atoms with van der Waals surface area (Å²) < 4.78 is 5.81. The van der Waals surface area contributed by atoms with Crippen LogP contribution in [0.2, 0.25) is 0 Å². The Kier molecular flexibility index (Phi) is 7.16. The number of nitrogens with zero attached hydrogens (tertiary/aromatic N) is 2. The van der Waals surface area contributed by atoms with E-state index in [1.54, 1.807) is 6.07 Å². The van der Waals surface area contributed by atoms with Crippen molar-refractivity contribution in [2.75, 3.05) is 11.9 Å². The van der Waals surface area contributed by atoms with Crippen LogP contribution in [0.25, 0.3) is 0 Å². The number of hydrogen-bond donors (Lipinski definition) is 2. The summed E-state index contributed by atoms with van der Waals surface area (Å²) in [5.41, 5.74) is 2.37. The predicted molar refractivity (Wildman–Crippen MR) is 115 cm³/mol. The molecule has 0 aliphatic rings. The highest BCUT2D eigenvalue weighted by molar-refractivity contribution is 5.93. The van der Waals surface area contributed by atoms with Crippen LogP contribution in [0.15, 0.2) is 67.0 Å². The molecule has 0 aliphatic heterocycles. The van der Waals surface area contributed by atoms with Crippen LogP contribution in [-0.4, -0.2) is 28.5 Å². The second kappa shape index (κ2) is 10.2. The lowest BCUT2D eigenvalue weighted by Gasteiger charge is -2.15. The molecule has 1 heterocycles. The summed E-state index contributed by atoms with van der Waals surface area (Å²) in [4.78, 5) is 20.7. The molecule has 0 saturated carbocycles. The quantitative estimate of drug-likeness (QED) is 0.531. The van der Waals surface area contributed by atoms with Gasteiger partial charge < -0.3 is 15.4 Å². The zero-order chi connectivity index (χ0) is 20.5. The largest absolute Gasteiger partial charge is 0.489 e. The second-order valence-corrected chi connectivity index (χ2v) is 6.92. The summed E-state index contributed by atoms with van der Waals surface area (Å²) in [7, 11) is 0. The van der Waals surface area contributed by atoms with Gasteiger partial charge in [0.2, 0.25) is 0 Å². The lowest BCUT2D eigenvalue weighted by Crippen LogP contribution is -2.25. The van der Waals surface area contributed by atoms with Crippen molar-refractivity contribution in [2.24, 2.45) is 0 Å². The van der Waals surface area contributed by atoms with E-state index in [1.807, 2.05) is 56.3 Å². The number of benzene rings is 2. The molecular weight excluding hydrogens is 364 g/mol. The van der Waals surface area contributed by atoms with Crippen molar-refractivity contribution in [3.05, 3.63) is 78.2 Å². The van der Waals surface area contributed by atoms with Gasteiger partial charge in [0.15, 0.2) is 0 Å². The van der Waals surface area contributed by atoms with E-state index in [4.69, 9.17) is 4.74 Å². The summed E-state index contributed by atoms with van der Waals surface area (Å²) in [6.45, 7) is 4.54. The second-order valence-electron chi connectivity index (χ2n) is 6.92. The van der Waals surface area contributed by atoms with Crippen molar-refractivity contribution in [3.63, 3.8) is 0 Å². The van der Waals surface area contributed by atoms with Crippen LogP contribution in [0.1, 0.15) is 36.3 Å². The molecular formula is C23H26N4O2. The molecule has 2 N–H and O–H groups in total. The monoisotopic (exact) mass is 390 g/mol. The van der Waals surface area contributed by atoms with E-state index in [9.17, 15) is 4.79 Å². The van der Waals surface area contributed by atoms with Crippen LogP contribution >= 0.6 is 0 Å². The fourth-order valence-corrected chi connectivity index (χ4v) is 2.84. The van der Waals surface area contributed by atoms with Crippen LogP contribution in [0.4, 0.5) is 11.5 Å². The molecule has 0 bridgehead atoms. The molecule has 0 aliphatic carbocycles. The number of amides is 1. The number of aromatic nitrogens is 2. The summed E-state index contributed by atoms with van der Waals surface area (Å²) in [5, 5.41) is 6.12. The van der Waals surface area contributed by atoms with Crippen molar-refractivity contribution in [2.45, 2.75) is 32.8 Å². The van der Waals surface area contributed by atoms with Crippen LogP contribution in [0.5, 0.6) is 5.75 Å². The van der Waals surface area contributed by atoms with Gasteiger partial charge in [0.05, 0.1) is 11.8 Å². The zero-order valence-corrected chi connectivity index (χ0v) is 16.8. The lowest BCUT2D eigenvalue weighted by atomic mass is 10.1. The third-order valence-corrected chi connectivity index (χ3v) is 4.18. The van der Waals surface area contributed by atoms with E-state index >= 15 is 0 Å². The molecule has 0 atom stereocenters. The van der Waals surface area contributed by atoms with E-state index in [-0.39, 0.29) is 12.0 Å². The third kappa shape index (κ3) is 6.31. The van der Waals surface area contributed by atoms with Gasteiger partial charge in [0.1, 0.15) is 23.6 Å². The Labute approximate surface area is 171 Å². The number of hydrogen-bond acceptors (Lipinski definition) is 5. The molecule has 6 nitrogen and oxygen atoms in total. The Hall–Kier alpha value is -3.41. The summed E-state index contributed by atoms with van der Waals surface area (Å²) in [5.74, 6) is 1.05.